The summed E-state index contributed by atoms with van der Waals surface area (Å²) in [6.07, 6.45) is -6.97. The van der Waals surface area contributed by atoms with Gasteiger partial charge in [0, 0.05) is 24.4 Å². The van der Waals surface area contributed by atoms with Crippen LogP contribution in [0.4, 0.5) is 32.2 Å². The molecule has 1 aliphatic heterocycles. The van der Waals surface area contributed by atoms with Gasteiger partial charge in [-0.3, -0.25) is 9.36 Å². The highest BCUT2D eigenvalue weighted by Gasteiger charge is 2.50. The van der Waals surface area contributed by atoms with Crippen LogP contribution in [0.2, 0.25) is 0 Å². The molecule has 2 aromatic heterocycles. The van der Waals surface area contributed by atoms with E-state index >= 15 is 0 Å². The second kappa shape index (κ2) is 8.52. The number of rotatable bonds is 4. The van der Waals surface area contributed by atoms with Crippen molar-refractivity contribution in [3.8, 4) is 11.4 Å². The third kappa shape index (κ3) is 4.18. The zero-order chi connectivity index (χ0) is 25.8. The van der Waals surface area contributed by atoms with Crippen molar-refractivity contribution in [2.45, 2.75) is 43.7 Å². The average molecular weight is 510 g/mol. The Morgan fingerprint density at radius 1 is 1.00 bits per heavy atom. The lowest BCUT2D eigenvalue weighted by Gasteiger charge is -2.37. The Balaban J connectivity index is 1.69. The summed E-state index contributed by atoms with van der Waals surface area (Å²) in [6, 6.07) is 7.41. The molecule has 5 rings (SSSR count). The molecule has 0 spiro atoms. The summed E-state index contributed by atoms with van der Waals surface area (Å²) in [5, 5.41) is 0. The molecule has 3 heterocycles. The number of pyridine rings is 1. The fourth-order valence-electron chi connectivity index (χ4n) is 5.25. The normalized spacial score (nSPS) is 21.8. The van der Waals surface area contributed by atoms with E-state index < -0.39 is 41.0 Å². The number of hydrogen-bond donors (Lipinski definition) is 0. The molecule has 2 bridgehead atoms. The van der Waals surface area contributed by atoms with Gasteiger partial charge in [0.25, 0.3) is 5.56 Å². The predicted molar refractivity (Wildman–Crippen MR) is 117 cm³/mol. The maximum atomic E-state index is 13.6. The van der Waals surface area contributed by atoms with Crippen LogP contribution in [0.3, 0.4) is 0 Å². The van der Waals surface area contributed by atoms with E-state index in [1.165, 1.54) is 28.8 Å². The average Bonchev–Trinajstić information content (AvgIpc) is 3.44. The SMILES string of the molecule is COc1cccc(-n2c([C@@H]3[C@H]4CC[C@H](C4)N3c3cc(C(F)(F)F)cc(C(F)(F)F)n3)nccc2=O)c1. The van der Waals surface area contributed by atoms with Crippen LogP contribution < -0.4 is 15.2 Å². The standard InChI is InChI=1S/C24H20F6N4O2/c1-36-17-4-2-3-15(12-17)34-20(35)7-8-31-22(34)21-13-5-6-16(9-13)33(21)19-11-14(23(25,26)27)10-18(32-19)24(28,29)30/h2-4,7-8,10-13,16,21H,5-6,9H2,1H3/t13-,16+,21-/m0/s1. The molecule has 2 fully saturated rings. The van der Waals surface area contributed by atoms with Gasteiger partial charge in [-0.2, -0.15) is 26.3 Å². The summed E-state index contributed by atoms with van der Waals surface area (Å²) in [5.41, 5.74) is -3.09. The molecule has 0 radical (unpaired) electrons. The summed E-state index contributed by atoms with van der Waals surface area (Å²) in [5.74, 6) is 0.112. The van der Waals surface area contributed by atoms with Crippen LogP contribution in [-0.4, -0.2) is 27.7 Å². The second-order valence-electron chi connectivity index (χ2n) is 8.85. The van der Waals surface area contributed by atoms with Crippen LogP contribution >= 0.6 is 0 Å². The number of halogens is 6. The molecule has 2 aliphatic rings. The van der Waals surface area contributed by atoms with Gasteiger partial charge in [-0.05, 0) is 49.4 Å². The van der Waals surface area contributed by atoms with Gasteiger partial charge in [0.2, 0.25) is 0 Å². The van der Waals surface area contributed by atoms with Crippen LogP contribution in [0.1, 0.15) is 42.4 Å². The van der Waals surface area contributed by atoms with E-state index in [2.05, 4.69) is 9.97 Å². The van der Waals surface area contributed by atoms with Crippen molar-refractivity contribution in [2.24, 2.45) is 5.92 Å². The summed E-state index contributed by atoms with van der Waals surface area (Å²) in [7, 11) is 1.46. The third-order valence-corrected chi connectivity index (χ3v) is 6.73. The first-order chi connectivity index (χ1) is 17.0. The lowest BCUT2D eigenvalue weighted by atomic mass is 9.97. The van der Waals surface area contributed by atoms with E-state index in [0.717, 1.165) is 0 Å². The summed E-state index contributed by atoms with van der Waals surface area (Å²) in [4.78, 5) is 22.4. The lowest BCUT2D eigenvalue weighted by molar-refractivity contribution is -0.145. The number of aromatic nitrogens is 3. The largest absolute Gasteiger partial charge is 0.497 e. The minimum Gasteiger partial charge on any atom is -0.497 e. The molecule has 6 nitrogen and oxygen atoms in total. The van der Waals surface area contributed by atoms with Crippen LogP contribution in [-0.2, 0) is 12.4 Å². The van der Waals surface area contributed by atoms with Gasteiger partial charge < -0.3 is 9.64 Å². The van der Waals surface area contributed by atoms with Gasteiger partial charge in [0.05, 0.1) is 24.4 Å². The Hall–Kier alpha value is -3.57. The summed E-state index contributed by atoms with van der Waals surface area (Å²) >= 11 is 0. The first kappa shape index (κ1) is 24.1. The second-order valence-corrected chi connectivity index (χ2v) is 8.85. The van der Waals surface area contributed by atoms with Crippen molar-refractivity contribution < 1.29 is 31.1 Å². The van der Waals surface area contributed by atoms with E-state index in [4.69, 9.17) is 4.74 Å². The highest BCUT2D eigenvalue weighted by molar-refractivity contribution is 5.51. The van der Waals surface area contributed by atoms with Gasteiger partial charge in [-0.25, -0.2) is 9.97 Å². The molecule has 1 aromatic carbocycles. The minimum atomic E-state index is -5.07. The number of methoxy groups -OCH3 is 1. The zero-order valence-electron chi connectivity index (χ0n) is 18.8. The van der Waals surface area contributed by atoms with Crippen molar-refractivity contribution in [1.82, 2.24) is 14.5 Å². The van der Waals surface area contributed by atoms with E-state index in [1.807, 2.05) is 0 Å². The number of alkyl halides is 6. The molecular weight excluding hydrogens is 490 g/mol. The Morgan fingerprint density at radius 2 is 1.78 bits per heavy atom. The quantitative estimate of drug-likeness (QED) is 0.440. The van der Waals surface area contributed by atoms with Gasteiger partial charge in [0.1, 0.15) is 23.1 Å². The van der Waals surface area contributed by atoms with E-state index in [1.54, 1.807) is 24.3 Å². The van der Waals surface area contributed by atoms with Crippen LogP contribution in [0.15, 0.2) is 53.5 Å². The molecule has 0 N–H and O–H groups in total. The molecule has 12 heteroatoms. The molecule has 3 atom stereocenters. The minimum absolute atomic E-state index is 0.0137. The van der Waals surface area contributed by atoms with E-state index in [-0.39, 0.29) is 23.9 Å². The maximum Gasteiger partial charge on any atom is 0.433 e. The highest BCUT2D eigenvalue weighted by atomic mass is 19.4. The van der Waals surface area contributed by atoms with Crippen LogP contribution in [0.25, 0.3) is 5.69 Å². The number of piperidine rings is 1. The number of fused-ring (bicyclic) bond motifs is 2. The number of anilines is 1. The van der Waals surface area contributed by atoms with Gasteiger partial charge in [-0.15, -0.1) is 0 Å². The topological polar surface area (TPSA) is 60.2 Å². The van der Waals surface area contributed by atoms with Gasteiger partial charge >= 0.3 is 12.4 Å². The Bertz CT molecular complexity index is 1320. The van der Waals surface area contributed by atoms with Gasteiger partial charge in [0.15, 0.2) is 0 Å². The van der Waals surface area contributed by atoms with Crippen molar-refractivity contribution in [2.75, 3.05) is 12.0 Å². The molecule has 1 aliphatic carbocycles. The predicted octanol–water partition coefficient (Wildman–Crippen LogP) is 5.40. The molecule has 36 heavy (non-hydrogen) atoms. The van der Waals surface area contributed by atoms with Crippen molar-refractivity contribution in [1.29, 1.82) is 0 Å². The van der Waals surface area contributed by atoms with Crippen molar-refractivity contribution >= 4 is 5.82 Å². The lowest BCUT2D eigenvalue weighted by Crippen LogP contribution is -2.39. The fourth-order valence-corrected chi connectivity index (χ4v) is 5.25. The monoisotopic (exact) mass is 510 g/mol. The Labute approximate surface area is 201 Å². The fraction of sp³-hybridized carbons (Fsp3) is 0.375. The number of nitrogens with zero attached hydrogens (tertiary/aromatic N) is 4. The zero-order valence-corrected chi connectivity index (χ0v) is 18.8. The number of hydrogen-bond acceptors (Lipinski definition) is 5. The van der Waals surface area contributed by atoms with Crippen molar-refractivity contribution in [3.63, 3.8) is 0 Å². The molecule has 0 unspecified atom stereocenters. The molecule has 0 amide bonds. The highest BCUT2D eigenvalue weighted by Crippen LogP contribution is 2.52. The maximum absolute atomic E-state index is 13.6. The van der Waals surface area contributed by atoms with Crippen molar-refractivity contribution in [3.05, 3.63) is 76.1 Å². The Kier molecular flexibility index (Phi) is 5.72. The molecule has 3 aromatic rings. The van der Waals surface area contributed by atoms with Crippen LogP contribution in [0, 0.1) is 5.92 Å². The number of benzene rings is 1. The molecular formula is C24H20F6N4O2. The van der Waals surface area contributed by atoms with E-state index in [9.17, 15) is 31.1 Å². The first-order valence-corrected chi connectivity index (χ1v) is 11.1. The van der Waals surface area contributed by atoms with Gasteiger partial charge in [-0.1, -0.05) is 6.07 Å². The first-order valence-electron chi connectivity index (χ1n) is 11.1. The molecule has 1 saturated heterocycles. The molecule has 1 saturated carbocycles. The Morgan fingerprint density at radius 3 is 2.47 bits per heavy atom. The third-order valence-electron chi connectivity index (χ3n) is 6.73. The summed E-state index contributed by atoms with van der Waals surface area (Å²) < 4.78 is 87.8. The summed E-state index contributed by atoms with van der Waals surface area (Å²) in [6.45, 7) is 0. The van der Waals surface area contributed by atoms with Crippen LogP contribution in [0.5, 0.6) is 5.75 Å². The smallest absolute Gasteiger partial charge is 0.433 e. The van der Waals surface area contributed by atoms with E-state index in [0.29, 0.717) is 36.8 Å². The number of ether oxygens (including phenoxy) is 1. The molecule has 190 valence electrons.